The largest absolute Gasteiger partial charge is 0.496 e. The average Bonchev–Trinajstić information content (AvgIpc) is 2.36. The first kappa shape index (κ1) is 13.4. The second-order valence-electron chi connectivity index (χ2n) is 3.87. The number of benzene rings is 1. The summed E-state index contributed by atoms with van der Waals surface area (Å²) in [4.78, 5) is 1.09. The molecule has 0 heterocycles. The molecule has 0 amide bonds. The van der Waals surface area contributed by atoms with E-state index in [9.17, 15) is 5.11 Å². The van der Waals surface area contributed by atoms with Crippen LogP contribution in [0.15, 0.2) is 29.2 Å². The first-order valence-electron chi connectivity index (χ1n) is 5.63. The lowest BCUT2D eigenvalue weighted by molar-refractivity contribution is 0.0572. The van der Waals surface area contributed by atoms with E-state index in [1.165, 1.54) is 0 Å². The van der Waals surface area contributed by atoms with E-state index in [0.29, 0.717) is 5.75 Å². The zero-order valence-electron chi connectivity index (χ0n) is 10.2. The Morgan fingerprint density at radius 1 is 1.25 bits per heavy atom. The summed E-state index contributed by atoms with van der Waals surface area (Å²) in [5.74, 6) is 1.59. The third-order valence-electron chi connectivity index (χ3n) is 2.88. The zero-order valence-corrected chi connectivity index (χ0v) is 11.0. The number of rotatable bonds is 6. The summed E-state index contributed by atoms with van der Waals surface area (Å²) in [5, 5.41) is 10.2. The second-order valence-corrected chi connectivity index (χ2v) is 4.89. The Labute approximate surface area is 102 Å². The molecule has 1 aromatic rings. The third kappa shape index (κ3) is 3.42. The van der Waals surface area contributed by atoms with Gasteiger partial charge in [-0.15, -0.1) is 11.8 Å². The number of thioether (sulfide) groups is 1. The van der Waals surface area contributed by atoms with E-state index in [2.05, 4.69) is 0 Å². The topological polar surface area (TPSA) is 29.5 Å². The fourth-order valence-electron chi connectivity index (χ4n) is 1.40. The Morgan fingerprint density at radius 2 is 1.88 bits per heavy atom. The lowest BCUT2D eigenvalue weighted by Crippen LogP contribution is -2.29. The summed E-state index contributed by atoms with van der Waals surface area (Å²) in [7, 11) is 1.67. The van der Waals surface area contributed by atoms with Crippen LogP contribution in [-0.2, 0) is 0 Å². The molecule has 0 aliphatic heterocycles. The van der Waals surface area contributed by atoms with Crippen molar-refractivity contribution in [2.75, 3.05) is 12.9 Å². The van der Waals surface area contributed by atoms with Gasteiger partial charge in [-0.05, 0) is 25.0 Å². The average molecular weight is 240 g/mol. The van der Waals surface area contributed by atoms with Crippen LogP contribution in [0.25, 0.3) is 0 Å². The number of para-hydroxylation sites is 1. The fraction of sp³-hybridized carbons (Fsp3) is 0.538. The fourth-order valence-corrected chi connectivity index (χ4v) is 2.71. The molecule has 0 atom stereocenters. The lowest BCUT2D eigenvalue weighted by atomic mass is 10.0. The number of ether oxygens (including phenoxy) is 1. The molecular weight excluding hydrogens is 220 g/mol. The molecular formula is C13H20O2S. The van der Waals surface area contributed by atoms with Gasteiger partial charge in [-0.1, -0.05) is 26.0 Å². The molecule has 0 aliphatic rings. The molecule has 0 unspecified atom stereocenters. The van der Waals surface area contributed by atoms with Crippen molar-refractivity contribution in [2.45, 2.75) is 37.2 Å². The Balaban J connectivity index is 2.67. The van der Waals surface area contributed by atoms with E-state index < -0.39 is 5.60 Å². The Bertz CT molecular complexity index is 321. The summed E-state index contributed by atoms with van der Waals surface area (Å²) < 4.78 is 5.28. The summed E-state index contributed by atoms with van der Waals surface area (Å²) in [6.07, 6.45) is 1.57. The molecule has 16 heavy (non-hydrogen) atoms. The molecule has 90 valence electrons. The normalized spacial score (nSPS) is 11.5. The highest BCUT2D eigenvalue weighted by atomic mass is 32.2. The maximum absolute atomic E-state index is 10.2. The van der Waals surface area contributed by atoms with Crippen LogP contribution in [0.1, 0.15) is 26.7 Å². The van der Waals surface area contributed by atoms with Crippen LogP contribution in [0.4, 0.5) is 0 Å². The zero-order chi connectivity index (χ0) is 12.0. The van der Waals surface area contributed by atoms with Gasteiger partial charge in [0, 0.05) is 10.6 Å². The molecule has 0 aromatic heterocycles. The van der Waals surface area contributed by atoms with E-state index in [-0.39, 0.29) is 0 Å². The van der Waals surface area contributed by atoms with Crippen LogP contribution in [0.5, 0.6) is 5.75 Å². The van der Waals surface area contributed by atoms with E-state index in [1.807, 2.05) is 38.1 Å². The van der Waals surface area contributed by atoms with Gasteiger partial charge in [0.25, 0.3) is 0 Å². The Morgan fingerprint density at radius 3 is 2.44 bits per heavy atom. The number of aliphatic hydroxyl groups is 1. The molecule has 0 spiro atoms. The van der Waals surface area contributed by atoms with Crippen LogP contribution in [0, 0.1) is 0 Å². The SMILES string of the molecule is CCC(O)(CC)CSc1ccccc1OC. The van der Waals surface area contributed by atoms with Gasteiger partial charge < -0.3 is 9.84 Å². The van der Waals surface area contributed by atoms with Gasteiger partial charge in [-0.25, -0.2) is 0 Å². The summed E-state index contributed by atoms with van der Waals surface area (Å²) >= 11 is 1.65. The molecule has 0 saturated heterocycles. The van der Waals surface area contributed by atoms with Crippen LogP contribution in [0.2, 0.25) is 0 Å². The maximum atomic E-state index is 10.2. The van der Waals surface area contributed by atoms with Crippen LogP contribution >= 0.6 is 11.8 Å². The summed E-state index contributed by atoms with van der Waals surface area (Å²) in [6.45, 7) is 4.04. The monoisotopic (exact) mass is 240 g/mol. The van der Waals surface area contributed by atoms with Crippen molar-refractivity contribution in [1.29, 1.82) is 0 Å². The molecule has 1 N–H and O–H groups in total. The van der Waals surface area contributed by atoms with Crippen LogP contribution in [-0.4, -0.2) is 23.6 Å². The number of hydrogen-bond acceptors (Lipinski definition) is 3. The van der Waals surface area contributed by atoms with Crippen LogP contribution < -0.4 is 4.74 Å². The molecule has 1 rings (SSSR count). The highest BCUT2D eigenvalue weighted by molar-refractivity contribution is 7.99. The van der Waals surface area contributed by atoms with Crippen molar-refractivity contribution in [2.24, 2.45) is 0 Å². The van der Waals surface area contributed by atoms with Crippen molar-refractivity contribution < 1.29 is 9.84 Å². The van der Waals surface area contributed by atoms with Gasteiger partial charge in [-0.2, -0.15) is 0 Å². The molecule has 0 radical (unpaired) electrons. The molecule has 0 fully saturated rings. The Hall–Kier alpha value is -0.670. The highest BCUT2D eigenvalue weighted by Gasteiger charge is 2.22. The first-order chi connectivity index (χ1) is 7.65. The lowest BCUT2D eigenvalue weighted by Gasteiger charge is -2.24. The summed E-state index contributed by atoms with van der Waals surface area (Å²) in [6, 6.07) is 7.91. The molecule has 1 aromatic carbocycles. The molecule has 3 heteroatoms. The minimum atomic E-state index is -0.564. The van der Waals surface area contributed by atoms with Gasteiger partial charge >= 0.3 is 0 Å². The van der Waals surface area contributed by atoms with E-state index in [4.69, 9.17) is 4.74 Å². The first-order valence-corrected chi connectivity index (χ1v) is 6.62. The van der Waals surface area contributed by atoms with Crippen molar-refractivity contribution in [3.8, 4) is 5.75 Å². The van der Waals surface area contributed by atoms with E-state index in [1.54, 1.807) is 18.9 Å². The van der Waals surface area contributed by atoms with Crippen LogP contribution in [0.3, 0.4) is 0 Å². The smallest absolute Gasteiger partial charge is 0.132 e. The standard InChI is InChI=1S/C13H20O2S/c1-4-13(14,5-2)10-16-12-9-7-6-8-11(12)15-3/h6-9,14H,4-5,10H2,1-3H3. The maximum Gasteiger partial charge on any atom is 0.132 e. The predicted octanol–water partition coefficient (Wildman–Crippen LogP) is 3.34. The minimum Gasteiger partial charge on any atom is -0.496 e. The van der Waals surface area contributed by atoms with Crippen molar-refractivity contribution >= 4 is 11.8 Å². The van der Waals surface area contributed by atoms with Gasteiger partial charge in [-0.3, -0.25) is 0 Å². The van der Waals surface area contributed by atoms with E-state index in [0.717, 1.165) is 23.5 Å². The van der Waals surface area contributed by atoms with Gasteiger partial charge in [0.05, 0.1) is 12.7 Å². The van der Waals surface area contributed by atoms with Crippen molar-refractivity contribution in [1.82, 2.24) is 0 Å². The van der Waals surface area contributed by atoms with Gasteiger partial charge in [0.2, 0.25) is 0 Å². The van der Waals surface area contributed by atoms with Crippen molar-refractivity contribution in [3.05, 3.63) is 24.3 Å². The second kappa shape index (κ2) is 6.16. The quantitative estimate of drug-likeness (QED) is 0.773. The third-order valence-corrected chi connectivity index (χ3v) is 4.21. The minimum absolute atomic E-state index is 0.564. The van der Waals surface area contributed by atoms with E-state index >= 15 is 0 Å². The Kier molecular flexibility index (Phi) is 5.16. The molecule has 0 bridgehead atoms. The number of hydrogen-bond donors (Lipinski definition) is 1. The predicted molar refractivity (Wildman–Crippen MR) is 69.2 cm³/mol. The van der Waals surface area contributed by atoms with Gasteiger partial charge in [0.15, 0.2) is 0 Å². The highest BCUT2D eigenvalue weighted by Crippen LogP contribution is 2.32. The molecule has 0 saturated carbocycles. The summed E-state index contributed by atoms with van der Waals surface area (Å²) in [5.41, 5.74) is -0.564. The number of methoxy groups -OCH3 is 1. The molecule has 0 aliphatic carbocycles. The van der Waals surface area contributed by atoms with Gasteiger partial charge in [0.1, 0.15) is 5.75 Å². The molecule has 2 nitrogen and oxygen atoms in total. The van der Waals surface area contributed by atoms with Crippen molar-refractivity contribution in [3.63, 3.8) is 0 Å².